The highest BCUT2D eigenvalue weighted by Crippen LogP contribution is 2.11. The van der Waals surface area contributed by atoms with Gasteiger partial charge in [0.1, 0.15) is 11.4 Å². The molecule has 0 aliphatic carbocycles. The third-order valence-electron chi connectivity index (χ3n) is 2.61. The molecule has 5 heteroatoms. The molecule has 0 radical (unpaired) electrons. The molecule has 1 N–H and O–H groups in total. The lowest BCUT2D eigenvalue weighted by Gasteiger charge is -2.01. The van der Waals surface area contributed by atoms with Crippen LogP contribution in [0.1, 0.15) is 5.82 Å². The number of aromatic nitrogens is 3. The van der Waals surface area contributed by atoms with Crippen LogP contribution in [0.2, 0.25) is 0 Å². The number of rotatable bonds is 2. The monoisotopic (exact) mass is 236 g/mol. The molecule has 2 aromatic rings. The van der Waals surface area contributed by atoms with Crippen LogP contribution in [0.15, 0.2) is 24.3 Å². The highest BCUT2D eigenvalue weighted by molar-refractivity contribution is 7.71. The lowest BCUT2D eigenvalue weighted by atomic mass is 10.3. The van der Waals surface area contributed by atoms with Gasteiger partial charge in [-0.05, 0) is 36.5 Å². The van der Waals surface area contributed by atoms with Crippen LogP contribution in [-0.2, 0) is 7.05 Å². The van der Waals surface area contributed by atoms with E-state index in [1.165, 1.54) is 0 Å². The highest BCUT2D eigenvalue weighted by atomic mass is 32.1. The number of nitrogens with one attached hydrogen (secondary N) is 1. The SMILES string of the molecule is COc1ccc(-[n+]2c(C)n(C)[nH]c2=S)cc1. The van der Waals surface area contributed by atoms with E-state index in [0.717, 1.165) is 17.3 Å². The van der Waals surface area contributed by atoms with Gasteiger partial charge in [-0.3, -0.25) is 0 Å². The minimum atomic E-state index is 0.685. The van der Waals surface area contributed by atoms with E-state index in [9.17, 15) is 0 Å². The molecule has 2 rings (SSSR count). The summed E-state index contributed by atoms with van der Waals surface area (Å²) >= 11 is 5.26. The van der Waals surface area contributed by atoms with Gasteiger partial charge in [0.25, 0.3) is 0 Å². The topological polar surface area (TPSA) is 33.8 Å². The maximum Gasteiger partial charge on any atom is 0.328 e. The summed E-state index contributed by atoms with van der Waals surface area (Å²) in [7, 11) is 3.59. The van der Waals surface area contributed by atoms with Crippen LogP contribution in [-0.4, -0.2) is 16.9 Å². The van der Waals surface area contributed by atoms with E-state index in [-0.39, 0.29) is 0 Å². The number of hydrogen-bond donors (Lipinski definition) is 1. The zero-order valence-electron chi connectivity index (χ0n) is 9.52. The van der Waals surface area contributed by atoms with Crippen molar-refractivity contribution in [2.24, 2.45) is 7.05 Å². The first-order chi connectivity index (χ1) is 7.63. The molecule has 0 fully saturated rings. The van der Waals surface area contributed by atoms with Gasteiger partial charge < -0.3 is 4.74 Å². The highest BCUT2D eigenvalue weighted by Gasteiger charge is 2.13. The summed E-state index contributed by atoms with van der Waals surface area (Å²) in [4.78, 5) is 0. The fourth-order valence-electron chi connectivity index (χ4n) is 1.61. The summed E-state index contributed by atoms with van der Waals surface area (Å²) in [5.74, 6) is 1.89. The Morgan fingerprint density at radius 2 is 1.94 bits per heavy atom. The Morgan fingerprint density at radius 3 is 2.38 bits per heavy atom. The standard InChI is InChI=1S/C11H13N3OS/c1-8-13(2)12-11(16)14(8)9-4-6-10(15-3)7-5-9/h4-7H,1-3H3/p+1. The minimum absolute atomic E-state index is 0.685. The predicted octanol–water partition coefficient (Wildman–Crippen LogP) is 1.68. The Morgan fingerprint density at radius 1 is 1.31 bits per heavy atom. The number of hydrogen-bond acceptors (Lipinski definition) is 2. The van der Waals surface area contributed by atoms with Gasteiger partial charge in [-0.2, -0.15) is 9.25 Å². The van der Waals surface area contributed by atoms with Crippen LogP contribution in [0, 0.1) is 11.7 Å². The first-order valence-electron chi connectivity index (χ1n) is 4.95. The van der Waals surface area contributed by atoms with Crippen LogP contribution in [0.5, 0.6) is 5.75 Å². The molecular formula is C11H14N3OS+. The zero-order chi connectivity index (χ0) is 11.7. The Kier molecular flexibility index (Phi) is 2.78. The third-order valence-corrected chi connectivity index (χ3v) is 2.88. The average Bonchev–Trinajstić information content (AvgIpc) is 2.54. The molecule has 1 aromatic carbocycles. The van der Waals surface area contributed by atoms with E-state index in [0.29, 0.717) is 4.77 Å². The van der Waals surface area contributed by atoms with E-state index in [2.05, 4.69) is 5.10 Å². The first kappa shape index (κ1) is 10.9. The fraction of sp³-hybridized carbons (Fsp3) is 0.273. The second kappa shape index (κ2) is 4.09. The molecule has 0 amide bonds. The maximum absolute atomic E-state index is 5.26. The van der Waals surface area contributed by atoms with Crippen molar-refractivity contribution < 1.29 is 9.30 Å². The van der Waals surface area contributed by atoms with E-state index in [4.69, 9.17) is 17.0 Å². The third kappa shape index (κ3) is 1.74. The van der Waals surface area contributed by atoms with Crippen molar-refractivity contribution in [2.45, 2.75) is 6.92 Å². The summed E-state index contributed by atoms with van der Waals surface area (Å²) in [6.07, 6.45) is 0. The number of aryl methyl sites for hydroxylation is 1. The predicted molar refractivity (Wildman–Crippen MR) is 63.4 cm³/mol. The number of nitrogens with zero attached hydrogens (tertiary/aromatic N) is 2. The molecule has 0 aliphatic heterocycles. The van der Waals surface area contributed by atoms with E-state index in [1.54, 1.807) is 7.11 Å². The quantitative estimate of drug-likeness (QED) is 0.636. The molecule has 1 heterocycles. The maximum atomic E-state index is 5.26. The number of methoxy groups -OCH3 is 1. The van der Waals surface area contributed by atoms with Crippen LogP contribution in [0.25, 0.3) is 5.69 Å². The largest absolute Gasteiger partial charge is 0.497 e. The minimum Gasteiger partial charge on any atom is -0.497 e. The van der Waals surface area contributed by atoms with Gasteiger partial charge in [0.15, 0.2) is 0 Å². The normalized spacial score (nSPS) is 10.4. The van der Waals surface area contributed by atoms with E-state index >= 15 is 0 Å². The molecule has 16 heavy (non-hydrogen) atoms. The number of benzene rings is 1. The number of ether oxygens (including phenoxy) is 1. The summed E-state index contributed by atoms with van der Waals surface area (Å²) in [6.45, 7) is 2.01. The van der Waals surface area contributed by atoms with Gasteiger partial charge in [-0.1, -0.05) is 0 Å². The lowest BCUT2D eigenvalue weighted by molar-refractivity contribution is -0.610. The lowest BCUT2D eigenvalue weighted by Crippen LogP contribution is -2.33. The molecule has 0 aliphatic rings. The Hall–Kier alpha value is -1.62. The van der Waals surface area contributed by atoms with Gasteiger partial charge in [0.05, 0.1) is 14.2 Å². The van der Waals surface area contributed by atoms with Crippen LogP contribution >= 0.6 is 12.2 Å². The molecule has 0 unspecified atom stereocenters. The fourth-order valence-corrected chi connectivity index (χ4v) is 1.98. The molecule has 0 saturated heterocycles. The van der Waals surface area contributed by atoms with E-state index in [1.807, 2.05) is 47.5 Å². The van der Waals surface area contributed by atoms with Crippen LogP contribution < -0.4 is 9.30 Å². The Bertz CT molecular complexity index is 554. The molecule has 1 aromatic heterocycles. The number of aromatic amines is 1. The van der Waals surface area contributed by atoms with Gasteiger partial charge in [0, 0.05) is 6.92 Å². The van der Waals surface area contributed by atoms with Crippen molar-refractivity contribution in [3.8, 4) is 11.4 Å². The summed E-state index contributed by atoms with van der Waals surface area (Å²) in [5, 5.41) is 3.07. The van der Waals surface area contributed by atoms with Crippen LogP contribution in [0.4, 0.5) is 0 Å². The molecule has 0 bridgehead atoms. The molecule has 4 nitrogen and oxygen atoms in total. The van der Waals surface area contributed by atoms with Crippen LogP contribution in [0.3, 0.4) is 0 Å². The molecule has 84 valence electrons. The van der Waals surface area contributed by atoms with Gasteiger partial charge >= 0.3 is 4.77 Å². The molecule has 0 atom stereocenters. The summed E-state index contributed by atoms with van der Waals surface area (Å²) < 4.78 is 9.68. The van der Waals surface area contributed by atoms with Crippen molar-refractivity contribution in [1.29, 1.82) is 0 Å². The van der Waals surface area contributed by atoms with E-state index < -0.39 is 0 Å². The van der Waals surface area contributed by atoms with Crippen molar-refractivity contribution in [2.75, 3.05) is 7.11 Å². The van der Waals surface area contributed by atoms with Gasteiger partial charge in [-0.25, -0.2) is 0 Å². The van der Waals surface area contributed by atoms with Crippen molar-refractivity contribution in [3.63, 3.8) is 0 Å². The first-order valence-corrected chi connectivity index (χ1v) is 5.36. The van der Waals surface area contributed by atoms with Gasteiger partial charge in [-0.15, -0.1) is 5.10 Å². The van der Waals surface area contributed by atoms with Gasteiger partial charge in [0.2, 0.25) is 5.82 Å². The molecule has 0 saturated carbocycles. The molecule has 0 spiro atoms. The molecular weight excluding hydrogens is 222 g/mol. The second-order valence-electron chi connectivity index (χ2n) is 3.56. The van der Waals surface area contributed by atoms with Crippen molar-refractivity contribution in [3.05, 3.63) is 34.9 Å². The second-order valence-corrected chi connectivity index (χ2v) is 3.94. The summed E-state index contributed by atoms with van der Waals surface area (Å²) in [5.41, 5.74) is 1.03. The smallest absolute Gasteiger partial charge is 0.328 e. The Balaban J connectivity index is 2.54. The zero-order valence-corrected chi connectivity index (χ0v) is 10.3. The average molecular weight is 236 g/mol. The van der Waals surface area contributed by atoms with Crippen molar-refractivity contribution >= 4 is 12.2 Å². The number of H-pyrrole nitrogens is 1. The Labute approximate surface area is 99.1 Å². The van der Waals surface area contributed by atoms with Crippen molar-refractivity contribution in [1.82, 2.24) is 9.78 Å². The summed E-state index contributed by atoms with van der Waals surface area (Å²) in [6, 6.07) is 7.80.